The molecule has 1 aliphatic carbocycles. The molecule has 0 aromatic heterocycles. The van der Waals surface area contributed by atoms with Crippen molar-refractivity contribution in [2.75, 3.05) is 5.32 Å². The summed E-state index contributed by atoms with van der Waals surface area (Å²) in [6.07, 6.45) is 7.87. The van der Waals surface area contributed by atoms with E-state index in [0.717, 1.165) is 6.42 Å². The van der Waals surface area contributed by atoms with Gasteiger partial charge in [0, 0.05) is 22.2 Å². The Morgan fingerprint density at radius 3 is 2.41 bits per heavy atom. The number of halogens is 2. The van der Waals surface area contributed by atoms with Crippen LogP contribution in [0.5, 0.6) is 0 Å². The van der Waals surface area contributed by atoms with Gasteiger partial charge in [0.2, 0.25) is 5.91 Å². The second-order valence-corrected chi connectivity index (χ2v) is 6.98. The van der Waals surface area contributed by atoms with Crippen molar-refractivity contribution in [1.82, 2.24) is 5.32 Å². The van der Waals surface area contributed by atoms with Gasteiger partial charge in [0.1, 0.15) is 0 Å². The maximum absolute atomic E-state index is 11.9. The van der Waals surface area contributed by atoms with E-state index >= 15 is 0 Å². The minimum atomic E-state index is -0.0452. The zero-order valence-corrected chi connectivity index (χ0v) is 14.7. The highest BCUT2D eigenvalue weighted by molar-refractivity contribution is 7.80. The monoisotopic (exact) mass is 358 g/mol. The van der Waals surface area contributed by atoms with Gasteiger partial charge in [-0.3, -0.25) is 4.79 Å². The predicted octanol–water partition coefficient (Wildman–Crippen LogP) is 5.17. The number of hydrogen-bond acceptors (Lipinski definition) is 2. The maximum Gasteiger partial charge on any atom is 0.226 e. The van der Waals surface area contributed by atoms with Crippen molar-refractivity contribution in [1.29, 1.82) is 0 Å². The van der Waals surface area contributed by atoms with E-state index in [1.807, 2.05) is 0 Å². The van der Waals surface area contributed by atoms with Crippen molar-refractivity contribution in [3.63, 3.8) is 0 Å². The lowest BCUT2D eigenvalue weighted by Crippen LogP contribution is -2.34. The molecule has 0 heterocycles. The molecule has 6 heteroatoms. The molecule has 0 bridgehead atoms. The van der Waals surface area contributed by atoms with E-state index in [-0.39, 0.29) is 11.0 Å². The van der Waals surface area contributed by atoms with Gasteiger partial charge in [-0.1, -0.05) is 55.3 Å². The van der Waals surface area contributed by atoms with Crippen LogP contribution in [0.15, 0.2) is 18.2 Å². The summed E-state index contributed by atoms with van der Waals surface area (Å²) < 4.78 is 0. The van der Waals surface area contributed by atoms with Gasteiger partial charge in [-0.15, -0.1) is 0 Å². The Morgan fingerprint density at radius 1 is 1.14 bits per heavy atom. The number of amides is 1. The fraction of sp³-hybridized carbons (Fsp3) is 0.500. The summed E-state index contributed by atoms with van der Waals surface area (Å²) in [6, 6.07) is 5.04. The number of hydrogen-bond donors (Lipinski definition) is 2. The first kappa shape index (κ1) is 17.5. The van der Waals surface area contributed by atoms with Gasteiger partial charge in [0.05, 0.1) is 0 Å². The maximum atomic E-state index is 11.9. The molecule has 0 radical (unpaired) electrons. The summed E-state index contributed by atoms with van der Waals surface area (Å²) in [6.45, 7) is 0. The van der Waals surface area contributed by atoms with Crippen molar-refractivity contribution >= 4 is 52.1 Å². The first-order valence-corrected chi connectivity index (χ1v) is 8.76. The Labute approximate surface area is 146 Å². The van der Waals surface area contributed by atoms with Gasteiger partial charge in [-0.25, -0.2) is 0 Å². The van der Waals surface area contributed by atoms with Gasteiger partial charge >= 0.3 is 0 Å². The molecule has 0 saturated heterocycles. The third kappa shape index (κ3) is 6.11. The van der Waals surface area contributed by atoms with Gasteiger partial charge in [-0.2, -0.15) is 0 Å². The molecule has 1 amide bonds. The average Bonchev–Trinajstić information content (AvgIpc) is 2.45. The molecule has 0 unspecified atom stereocenters. The molecule has 2 N–H and O–H groups in total. The second-order valence-electron chi connectivity index (χ2n) is 5.70. The number of thiocarbonyl (C=S) groups is 1. The van der Waals surface area contributed by atoms with Gasteiger partial charge in [0.25, 0.3) is 0 Å². The Morgan fingerprint density at radius 2 is 1.77 bits per heavy atom. The molecule has 0 atom stereocenters. The summed E-state index contributed by atoms with van der Waals surface area (Å²) in [5.41, 5.74) is 0.662. The van der Waals surface area contributed by atoms with Crippen molar-refractivity contribution in [3.05, 3.63) is 28.2 Å². The van der Waals surface area contributed by atoms with Crippen molar-refractivity contribution in [2.24, 2.45) is 5.92 Å². The molecule has 3 nitrogen and oxygen atoms in total. The largest absolute Gasteiger partial charge is 0.332 e. The van der Waals surface area contributed by atoms with E-state index in [1.54, 1.807) is 18.2 Å². The summed E-state index contributed by atoms with van der Waals surface area (Å²) in [5, 5.41) is 6.93. The van der Waals surface area contributed by atoms with Crippen LogP contribution in [0.25, 0.3) is 0 Å². The second kappa shape index (κ2) is 8.70. The first-order chi connectivity index (χ1) is 10.5. The number of nitrogens with one attached hydrogen (secondary N) is 2. The standard InChI is InChI=1S/C16H20Cl2N2OS/c17-12-8-13(18)10-14(9-12)19-16(22)20-15(21)7-6-11-4-2-1-3-5-11/h8-11H,1-7H2,(H2,19,20,21,22). The summed E-state index contributed by atoms with van der Waals surface area (Å²) >= 11 is 17.0. The van der Waals surface area contributed by atoms with Crippen LogP contribution in [0.2, 0.25) is 10.0 Å². The van der Waals surface area contributed by atoms with E-state index in [0.29, 0.717) is 28.1 Å². The third-order valence-corrected chi connectivity index (χ3v) is 4.52. The van der Waals surface area contributed by atoms with Gasteiger partial charge < -0.3 is 10.6 Å². The average molecular weight is 359 g/mol. The van der Waals surface area contributed by atoms with Gasteiger partial charge in [0.15, 0.2) is 5.11 Å². The van der Waals surface area contributed by atoms with Crippen LogP contribution in [-0.2, 0) is 4.79 Å². The van der Waals surface area contributed by atoms with Crippen LogP contribution < -0.4 is 10.6 Å². The van der Waals surface area contributed by atoms with E-state index in [1.165, 1.54) is 32.1 Å². The van der Waals surface area contributed by atoms with Crippen LogP contribution in [-0.4, -0.2) is 11.0 Å². The third-order valence-electron chi connectivity index (χ3n) is 3.88. The lowest BCUT2D eigenvalue weighted by Gasteiger charge is -2.21. The topological polar surface area (TPSA) is 41.1 Å². The van der Waals surface area contributed by atoms with Crippen molar-refractivity contribution in [2.45, 2.75) is 44.9 Å². The summed E-state index contributed by atoms with van der Waals surface area (Å²) in [5.74, 6) is 0.643. The molecule has 0 spiro atoms. The zero-order chi connectivity index (χ0) is 15.9. The molecule has 1 saturated carbocycles. The lowest BCUT2D eigenvalue weighted by atomic mass is 9.86. The first-order valence-electron chi connectivity index (χ1n) is 7.60. The molecule has 0 aliphatic heterocycles. The number of anilines is 1. The smallest absolute Gasteiger partial charge is 0.226 e. The van der Waals surface area contributed by atoms with Crippen molar-refractivity contribution < 1.29 is 4.79 Å². The molecule has 120 valence electrons. The minimum Gasteiger partial charge on any atom is -0.332 e. The zero-order valence-electron chi connectivity index (χ0n) is 12.3. The van der Waals surface area contributed by atoms with Crippen LogP contribution in [0.4, 0.5) is 5.69 Å². The Hall–Kier alpha value is -0.840. The van der Waals surface area contributed by atoms with Crippen molar-refractivity contribution in [3.8, 4) is 0 Å². The molecule has 22 heavy (non-hydrogen) atoms. The molecule has 1 fully saturated rings. The van der Waals surface area contributed by atoms with E-state index < -0.39 is 0 Å². The normalized spacial score (nSPS) is 15.4. The highest BCUT2D eigenvalue weighted by Crippen LogP contribution is 2.27. The van der Waals surface area contributed by atoms with Gasteiger partial charge in [-0.05, 0) is 42.8 Å². The molecule has 1 aromatic rings. The highest BCUT2D eigenvalue weighted by Gasteiger charge is 2.15. The van der Waals surface area contributed by atoms with Crippen LogP contribution >= 0.6 is 35.4 Å². The van der Waals surface area contributed by atoms with E-state index in [4.69, 9.17) is 35.4 Å². The molecule has 1 aromatic carbocycles. The number of rotatable bonds is 4. The van der Waals surface area contributed by atoms with E-state index in [2.05, 4.69) is 10.6 Å². The quantitative estimate of drug-likeness (QED) is 0.729. The van der Waals surface area contributed by atoms with Crippen LogP contribution in [0, 0.1) is 5.92 Å². The fourth-order valence-corrected chi connectivity index (χ4v) is 3.55. The van der Waals surface area contributed by atoms with Crippen LogP contribution in [0.3, 0.4) is 0 Å². The molecular formula is C16H20Cl2N2OS. The van der Waals surface area contributed by atoms with E-state index in [9.17, 15) is 4.79 Å². The Kier molecular flexibility index (Phi) is 6.93. The van der Waals surface area contributed by atoms with Crippen LogP contribution in [0.1, 0.15) is 44.9 Å². The lowest BCUT2D eigenvalue weighted by molar-refractivity contribution is -0.120. The fourth-order valence-electron chi connectivity index (χ4n) is 2.79. The number of carbonyl (C=O) groups excluding carboxylic acids is 1. The predicted molar refractivity (Wildman–Crippen MR) is 96.6 cm³/mol. The SMILES string of the molecule is O=C(CCC1CCCCC1)NC(=S)Nc1cc(Cl)cc(Cl)c1. The number of benzene rings is 1. The summed E-state index contributed by atoms with van der Waals surface area (Å²) in [4.78, 5) is 11.9. The summed E-state index contributed by atoms with van der Waals surface area (Å²) in [7, 11) is 0. The molecule has 1 aliphatic rings. The Bertz CT molecular complexity index is 525. The molecular weight excluding hydrogens is 339 g/mol. The molecule has 2 rings (SSSR count). The number of carbonyl (C=O) groups is 1. The minimum absolute atomic E-state index is 0.0452. The Balaban J connectivity index is 1.74. The highest BCUT2D eigenvalue weighted by atomic mass is 35.5.